The number of hydrogen-bond acceptors (Lipinski definition) is 3. The molecule has 0 aliphatic carbocycles. The van der Waals surface area contributed by atoms with Crippen molar-refractivity contribution >= 4 is 18.5 Å². The molecule has 2 aromatic carbocycles. The first-order chi connectivity index (χ1) is 11.2. The normalized spacial score (nSPS) is 20.1. The van der Waals surface area contributed by atoms with E-state index in [1.54, 1.807) is 4.90 Å². The molecule has 1 fully saturated rings. The summed E-state index contributed by atoms with van der Waals surface area (Å²) in [6.07, 6.45) is 1.46. The van der Waals surface area contributed by atoms with Gasteiger partial charge in [0.1, 0.15) is 6.61 Å². The third-order valence-corrected chi connectivity index (χ3v) is 4.34. The molecule has 0 aromatic heterocycles. The van der Waals surface area contributed by atoms with Crippen molar-refractivity contribution < 1.29 is 9.53 Å². The van der Waals surface area contributed by atoms with Gasteiger partial charge < -0.3 is 15.4 Å². The van der Waals surface area contributed by atoms with Crippen LogP contribution in [0.3, 0.4) is 0 Å². The zero-order valence-corrected chi connectivity index (χ0v) is 14.4. The highest BCUT2D eigenvalue weighted by atomic mass is 35.5. The lowest BCUT2D eigenvalue weighted by atomic mass is 9.83. The molecule has 1 saturated heterocycles. The molecule has 1 aliphatic rings. The summed E-state index contributed by atoms with van der Waals surface area (Å²) < 4.78 is 5.43. The summed E-state index contributed by atoms with van der Waals surface area (Å²) in [5, 5.41) is 0. The minimum absolute atomic E-state index is 0. The molecule has 1 aliphatic heterocycles. The molecule has 1 heterocycles. The number of hydrogen-bond donors (Lipinski definition) is 1. The number of piperidine rings is 1. The van der Waals surface area contributed by atoms with Crippen LogP contribution in [0.4, 0.5) is 4.79 Å². The summed E-state index contributed by atoms with van der Waals surface area (Å²) in [6, 6.07) is 19.7. The van der Waals surface area contributed by atoms with Crippen molar-refractivity contribution in [3.05, 3.63) is 71.8 Å². The number of halogens is 1. The van der Waals surface area contributed by atoms with Crippen molar-refractivity contribution in [1.29, 1.82) is 0 Å². The number of amides is 1. The maximum absolute atomic E-state index is 12.3. The average Bonchev–Trinajstić information content (AvgIpc) is 2.61. The van der Waals surface area contributed by atoms with Gasteiger partial charge in [-0.3, -0.25) is 0 Å². The van der Waals surface area contributed by atoms with Gasteiger partial charge in [-0.1, -0.05) is 60.7 Å². The molecule has 1 amide bonds. The first kappa shape index (κ1) is 18.3. The summed E-state index contributed by atoms with van der Waals surface area (Å²) in [4.78, 5) is 14.1. The summed E-state index contributed by atoms with van der Waals surface area (Å²) in [6.45, 7) is 1.48. The van der Waals surface area contributed by atoms with Gasteiger partial charge in [-0.05, 0) is 24.0 Å². The van der Waals surface area contributed by atoms with E-state index in [4.69, 9.17) is 10.5 Å². The fourth-order valence-corrected chi connectivity index (χ4v) is 3.06. The first-order valence-electron chi connectivity index (χ1n) is 7.97. The zero-order valence-electron chi connectivity index (χ0n) is 13.6. The standard InChI is InChI=1S/C19H22N2O2.ClH/c20-19(17-10-5-2-6-11-17)12-7-13-21(15-19)18(22)23-14-16-8-3-1-4-9-16;/h1-6,8-11H,7,12-15,20H2;1H. The summed E-state index contributed by atoms with van der Waals surface area (Å²) in [5.41, 5.74) is 8.13. The van der Waals surface area contributed by atoms with Crippen LogP contribution in [-0.4, -0.2) is 24.1 Å². The second-order valence-electron chi connectivity index (χ2n) is 6.09. The Morgan fingerprint density at radius 2 is 1.71 bits per heavy atom. The molecule has 0 saturated carbocycles. The van der Waals surface area contributed by atoms with E-state index in [0.29, 0.717) is 19.7 Å². The van der Waals surface area contributed by atoms with Gasteiger partial charge in [0.2, 0.25) is 0 Å². The lowest BCUT2D eigenvalue weighted by Gasteiger charge is -2.40. The summed E-state index contributed by atoms with van der Waals surface area (Å²) in [5.74, 6) is 0. The van der Waals surface area contributed by atoms with Crippen molar-refractivity contribution in [3.8, 4) is 0 Å². The zero-order chi connectivity index (χ0) is 16.1. The molecule has 1 atom stereocenters. The van der Waals surface area contributed by atoms with Gasteiger partial charge in [-0.2, -0.15) is 0 Å². The Morgan fingerprint density at radius 3 is 2.38 bits per heavy atom. The number of ether oxygens (including phenoxy) is 1. The first-order valence-corrected chi connectivity index (χ1v) is 7.97. The van der Waals surface area contributed by atoms with Crippen LogP contribution in [0.25, 0.3) is 0 Å². The SMILES string of the molecule is Cl.NC1(c2ccccc2)CCCN(C(=O)OCc2ccccc2)C1. The quantitative estimate of drug-likeness (QED) is 0.922. The molecule has 24 heavy (non-hydrogen) atoms. The Balaban J connectivity index is 0.00000208. The minimum atomic E-state index is -0.495. The number of benzene rings is 2. The van der Waals surface area contributed by atoms with E-state index in [1.165, 1.54) is 0 Å². The largest absolute Gasteiger partial charge is 0.445 e. The van der Waals surface area contributed by atoms with Crippen LogP contribution in [0.1, 0.15) is 24.0 Å². The van der Waals surface area contributed by atoms with E-state index < -0.39 is 5.54 Å². The molecule has 2 aromatic rings. The number of carbonyl (C=O) groups is 1. The Bertz CT molecular complexity index is 651. The highest BCUT2D eigenvalue weighted by molar-refractivity contribution is 5.85. The maximum Gasteiger partial charge on any atom is 0.410 e. The van der Waals surface area contributed by atoms with E-state index in [-0.39, 0.29) is 18.5 Å². The van der Waals surface area contributed by atoms with Crippen molar-refractivity contribution in [2.45, 2.75) is 25.0 Å². The molecule has 2 N–H and O–H groups in total. The van der Waals surface area contributed by atoms with Crippen LogP contribution in [0.2, 0.25) is 0 Å². The smallest absolute Gasteiger partial charge is 0.410 e. The molecule has 0 radical (unpaired) electrons. The third kappa shape index (κ3) is 4.28. The van der Waals surface area contributed by atoms with Crippen LogP contribution in [-0.2, 0) is 16.9 Å². The lowest BCUT2D eigenvalue weighted by molar-refractivity contribution is 0.0728. The lowest BCUT2D eigenvalue weighted by Crippen LogP contribution is -2.53. The monoisotopic (exact) mass is 346 g/mol. The Kier molecular flexibility index (Phi) is 6.23. The summed E-state index contributed by atoms with van der Waals surface area (Å²) >= 11 is 0. The average molecular weight is 347 g/mol. The number of carbonyl (C=O) groups excluding carboxylic acids is 1. The Hall–Kier alpha value is -2.04. The van der Waals surface area contributed by atoms with Crippen molar-refractivity contribution in [2.24, 2.45) is 5.73 Å². The van der Waals surface area contributed by atoms with Crippen LogP contribution >= 0.6 is 12.4 Å². The minimum Gasteiger partial charge on any atom is -0.445 e. The molecule has 128 valence electrons. The van der Waals surface area contributed by atoms with E-state index in [1.807, 2.05) is 60.7 Å². The van der Waals surface area contributed by atoms with Crippen LogP contribution in [0.5, 0.6) is 0 Å². The third-order valence-electron chi connectivity index (χ3n) is 4.34. The van der Waals surface area contributed by atoms with Gasteiger partial charge in [0.15, 0.2) is 0 Å². The van der Waals surface area contributed by atoms with Gasteiger partial charge in [-0.25, -0.2) is 4.79 Å². The van der Waals surface area contributed by atoms with Gasteiger partial charge in [0.05, 0.1) is 5.54 Å². The molecular weight excluding hydrogens is 324 g/mol. The Labute approximate surface area is 149 Å². The fourth-order valence-electron chi connectivity index (χ4n) is 3.06. The van der Waals surface area contributed by atoms with E-state index in [0.717, 1.165) is 24.0 Å². The fraction of sp³-hybridized carbons (Fsp3) is 0.316. The number of nitrogens with two attached hydrogens (primary N) is 1. The molecular formula is C19H23ClN2O2. The van der Waals surface area contributed by atoms with Gasteiger partial charge in [0.25, 0.3) is 0 Å². The topological polar surface area (TPSA) is 55.6 Å². The van der Waals surface area contributed by atoms with E-state index >= 15 is 0 Å². The van der Waals surface area contributed by atoms with Crippen LogP contribution in [0, 0.1) is 0 Å². The van der Waals surface area contributed by atoms with Crippen LogP contribution in [0.15, 0.2) is 60.7 Å². The second-order valence-corrected chi connectivity index (χ2v) is 6.09. The molecule has 4 nitrogen and oxygen atoms in total. The molecule has 5 heteroatoms. The van der Waals surface area contributed by atoms with Gasteiger partial charge in [0, 0.05) is 13.1 Å². The van der Waals surface area contributed by atoms with E-state index in [9.17, 15) is 4.79 Å². The highest BCUT2D eigenvalue weighted by Gasteiger charge is 2.35. The number of nitrogens with zero attached hydrogens (tertiary/aromatic N) is 1. The maximum atomic E-state index is 12.3. The molecule has 0 spiro atoms. The number of rotatable bonds is 3. The summed E-state index contributed by atoms with van der Waals surface area (Å²) in [7, 11) is 0. The van der Waals surface area contributed by atoms with Crippen molar-refractivity contribution in [1.82, 2.24) is 4.90 Å². The molecule has 1 unspecified atom stereocenters. The second kappa shape index (κ2) is 8.18. The van der Waals surface area contributed by atoms with Crippen LogP contribution < -0.4 is 5.73 Å². The Morgan fingerprint density at radius 1 is 1.08 bits per heavy atom. The molecule has 0 bridgehead atoms. The van der Waals surface area contributed by atoms with E-state index in [2.05, 4.69) is 0 Å². The molecule has 3 rings (SSSR count). The predicted octanol–water partition coefficient (Wildman–Crippen LogP) is 3.70. The predicted molar refractivity (Wildman–Crippen MR) is 97.0 cm³/mol. The number of likely N-dealkylation sites (tertiary alicyclic amines) is 1. The van der Waals surface area contributed by atoms with Gasteiger partial charge in [-0.15, -0.1) is 12.4 Å². The van der Waals surface area contributed by atoms with Crippen molar-refractivity contribution in [2.75, 3.05) is 13.1 Å². The van der Waals surface area contributed by atoms with Gasteiger partial charge >= 0.3 is 6.09 Å². The highest BCUT2D eigenvalue weighted by Crippen LogP contribution is 2.29. The van der Waals surface area contributed by atoms with Crippen molar-refractivity contribution in [3.63, 3.8) is 0 Å².